The first-order valence-electron chi connectivity index (χ1n) is 5.64. The Kier molecular flexibility index (Phi) is 3.52. The Labute approximate surface area is 87.6 Å². The Bertz CT molecular complexity index is 262. The summed E-state index contributed by atoms with van der Waals surface area (Å²) in [6, 6.07) is 0. The van der Waals surface area contributed by atoms with Crippen molar-refractivity contribution in [2.75, 3.05) is 0 Å². The van der Waals surface area contributed by atoms with Crippen molar-refractivity contribution in [3.63, 3.8) is 0 Å². The molecule has 1 rings (SSSR count). The number of Topliss-reactive ketones (excluding diaryl/α,β-unsaturated/α-hetero) is 1. The van der Waals surface area contributed by atoms with Crippen LogP contribution in [0.1, 0.15) is 59.8 Å². The summed E-state index contributed by atoms with van der Waals surface area (Å²) in [7, 11) is 0. The van der Waals surface area contributed by atoms with E-state index in [0.29, 0.717) is 5.78 Å². The second-order valence-corrected chi connectivity index (χ2v) is 4.97. The third-order valence-electron chi connectivity index (χ3n) is 3.77. The van der Waals surface area contributed by atoms with Gasteiger partial charge in [0, 0.05) is 6.42 Å². The molecule has 0 aromatic rings. The Balaban J connectivity index is 2.79. The zero-order valence-electron chi connectivity index (χ0n) is 9.94. The Morgan fingerprint density at radius 3 is 2.43 bits per heavy atom. The molecule has 0 saturated heterocycles. The average molecular weight is 194 g/mol. The summed E-state index contributed by atoms with van der Waals surface area (Å²) in [6.07, 6.45) is 5.43. The third kappa shape index (κ3) is 2.46. The molecule has 1 unspecified atom stereocenters. The van der Waals surface area contributed by atoms with Crippen LogP contribution < -0.4 is 0 Å². The molecule has 0 aromatic carbocycles. The van der Waals surface area contributed by atoms with E-state index in [1.807, 2.05) is 0 Å². The topological polar surface area (TPSA) is 17.1 Å². The number of rotatable bonds is 3. The van der Waals surface area contributed by atoms with Gasteiger partial charge in [-0.1, -0.05) is 18.1 Å². The summed E-state index contributed by atoms with van der Waals surface area (Å²) < 4.78 is 0. The van der Waals surface area contributed by atoms with E-state index >= 15 is 0 Å². The highest BCUT2D eigenvalue weighted by Crippen LogP contribution is 2.44. The summed E-state index contributed by atoms with van der Waals surface area (Å²) >= 11 is 0. The minimum Gasteiger partial charge on any atom is -0.300 e. The first-order valence-corrected chi connectivity index (χ1v) is 5.64. The monoisotopic (exact) mass is 194 g/mol. The summed E-state index contributed by atoms with van der Waals surface area (Å²) in [5.41, 5.74) is 3.34. The van der Waals surface area contributed by atoms with Crippen LogP contribution >= 0.6 is 0 Å². The van der Waals surface area contributed by atoms with Gasteiger partial charge in [-0.3, -0.25) is 0 Å². The van der Waals surface area contributed by atoms with Crippen LogP contribution in [0.5, 0.6) is 0 Å². The molecule has 0 heterocycles. The molecule has 0 radical (unpaired) electrons. The Hall–Kier alpha value is -0.590. The number of allylic oxidation sites excluding steroid dienone is 2. The van der Waals surface area contributed by atoms with Crippen molar-refractivity contribution in [1.29, 1.82) is 0 Å². The normalized spacial score (nSPS) is 28.0. The second kappa shape index (κ2) is 4.29. The first-order chi connectivity index (χ1) is 6.49. The van der Waals surface area contributed by atoms with Crippen molar-refractivity contribution in [2.45, 2.75) is 59.8 Å². The Morgan fingerprint density at radius 2 is 2.00 bits per heavy atom. The zero-order chi connectivity index (χ0) is 10.8. The number of carbonyl (C=O) groups is 1. The molecule has 0 fully saturated rings. The van der Waals surface area contributed by atoms with Gasteiger partial charge < -0.3 is 4.79 Å². The summed E-state index contributed by atoms with van der Waals surface area (Å²) in [5, 5.41) is 0. The maximum absolute atomic E-state index is 11.2. The van der Waals surface area contributed by atoms with Gasteiger partial charge in [-0.15, -0.1) is 0 Å². The molecule has 0 saturated carbocycles. The van der Waals surface area contributed by atoms with E-state index in [0.717, 1.165) is 19.3 Å². The molecule has 80 valence electrons. The molecule has 0 aromatic heterocycles. The minimum absolute atomic E-state index is 0.287. The maximum Gasteiger partial charge on any atom is 0.130 e. The molecule has 0 bridgehead atoms. The zero-order valence-corrected chi connectivity index (χ0v) is 9.94. The van der Waals surface area contributed by atoms with Crippen LogP contribution in [0.25, 0.3) is 0 Å². The number of carbonyl (C=O) groups excluding carboxylic acids is 1. The lowest BCUT2D eigenvalue weighted by Crippen LogP contribution is -2.26. The molecule has 0 aliphatic heterocycles. The van der Waals surface area contributed by atoms with Crippen LogP contribution in [0.2, 0.25) is 0 Å². The lowest BCUT2D eigenvalue weighted by atomic mass is 9.68. The first kappa shape index (κ1) is 11.5. The van der Waals surface area contributed by atoms with Gasteiger partial charge in [0.15, 0.2) is 0 Å². The molecule has 0 spiro atoms. The molecular weight excluding hydrogens is 172 g/mol. The fourth-order valence-electron chi connectivity index (χ4n) is 2.57. The lowest BCUT2D eigenvalue weighted by molar-refractivity contribution is -0.119. The van der Waals surface area contributed by atoms with E-state index in [9.17, 15) is 4.79 Å². The van der Waals surface area contributed by atoms with Gasteiger partial charge in [0.25, 0.3) is 0 Å². The molecule has 1 aliphatic carbocycles. The standard InChI is InChI=1S/C13H22O/c1-5-13(9-12(4)14)7-6-10(2)11(3)8-13/h5-9H2,1-4H3. The van der Waals surface area contributed by atoms with Crippen molar-refractivity contribution in [2.24, 2.45) is 5.41 Å². The molecule has 0 amide bonds. The van der Waals surface area contributed by atoms with E-state index in [-0.39, 0.29) is 5.41 Å². The van der Waals surface area contributed by atoms with Gasteiger partial charge >= 0.3 is 0 Å². The molecule has 14 heavy (non-hydrogen) atoms. The highest BCUT2D eigenvalue weighted by Gasteiger charge is 2.32. The summed E-state index contributed by atoms with van der Waals surface area (Å²) in [4.78, 5) is 11.2. The number of ketones is 1. The molecule has 0 N–H and O–H groups in total. The van der Waals surface area contributed by atoms with Gasteiger partial charge in [0.1, 0.15) is 5.78 Å². The van der Waals surface area contributed by atoms with Crippen LogP contribution in [-0.4, -0.2) is 5.78 Å². The van der Waals surface area contributed by atoms with Gasteiger partial charge in [-0.05, 0) is 51.9 Å². The van der Waals surface area contributed by atoms with E-state index < -0.39 is 0 Å². The van der Waals surface area contributed by atoms with Crippen LogP contribution in [-0.2, 0) is 4.79 Å². The van der Waals surface area contributed by atoms with E-state index in [2.05, 4.69) is 20.8 Å². The van der Waals surface area contributed by atoms with Crippen LogP contribution in [0.3, 0.4) is 0 Å². The predicted molar refractivity (Wildman–Crippen MR) is 60.2 cm³/mol. The van der Waals surface area contributed by atoms with Crippen molar-refractivity contribution in [1.82, 2.24) is 0 Å². The van der Waals surface area contributed by atoms with Crippen LogP contribution in [0.15, 0.2) is 11.1 Å². The predicted octanol–water partition coefficient (Wildman–Crippen LogP) is 3.88. The van der Waals surface area contributed by atoms with Gasteiger partial charge in [0.05, 0.1) is 0 Å². The number of hydrogen-bond acceptors (Lipinski definition) is 1. The average Bonchev–Trinajstić information content (AvgIpc) is 2.11. The maximum atomic E-state index is 11.2. The van der Waals surface area contributed by atoms with Crippen molar-refractivity contribution >= 4 is 5.78 Å². The highest BCUT2D eigenvalue weighted by atomic mass is 16.1. The van der Waals surface area contributed by atoms with Crippen LogP contribution in [0, 0.1) is 5.41 Å². The molecule has 1 heteroatoms. The van der Waals surface area contributed by atoms with Crippen molar-refractivity contribution < 1.29 is 4.79 Å². The largest absolute Gasteiger partial charge is 0.300 e. The lowest BCUT2D eigenvalue weighted by Gasteiger charge is -2.37. The second-order valence-electron chi connectivity index (χ2n) is 4.97. The summed E-state index contributed by atoms with van der Waals surface area (Å²) in [6.45, 7) is 8.39. The van der Waals surface area contributed by atoms with E-state index in [1.54, 1.807) is 6.92 Å². The van der Waals surface area contributed by atoms with E-state index in [4.69, 9.17) is 0 Å². The third-order valence-corrected chi connectivity index (χ3v) is 3.77. The number of hydrogen-bond donors (Lipinski definition) is 0. The smallest absolute Gasteiger partial charge is 0.130 e. The van der Waals surface area contributed by atoms with Crippen LogP contribution in [0.4, 0.5) is 0 Å². The minimum atomic E-state index is 0.287. The van der Waals surface area contributed by atoms with Gasteiger partial charge in [-0.2, -0.15) is 0 Å². The van der Waals surface area contributed by atoms with E-state index in [1.165, 1.54) is 24.0 Å². The Morgan fingerprint density at radius 1 is 1.36 bits per heavy atom. The summed E-state index contributed by atoms with van der Waals surface area (Å²) in [5.74, 6) is 0.346. The highest BCUT2D eigenvalue weighted by molar-refractivity contribution is 5.76. The molecule has 1 nitrogen and oxygen atoms in total. The van der Waals surface area contributed by atoms with Crippen molar-refractivity contribution in [3.8, 4) is 0 Å². The molecular formula is C13H22O. The van der Waals surface area contributed by atoms with Crippen molar-refractivity contribution in [3.05, 3.63) is 11.1 Å². The quantitative estimate of drug-likeness (QED) is 0.623. The molecule has 1 atom stereocenters. The SMILES string of the molecule is CCC1(CC(C)=O)CCC(C)=C(C)C1. The van der Waals surface area contributed by atoms with Gasteiger partial charge in [-0.25, -0.2) is 0 Å². The fourth-order valence-corrected chi connectivity index (χ4v) is 2.57. The van der Waals surface area contributed by atoms with Gasteiger partial charge in [0.2, 0.25) is 0 Å². The fraction of sp³-hybridized carbons (Fsp3) is 0.769. The molecule has 1 aliphatic rings.